The Balaban J connectivity index is 2.16. The number of primary amides is 1. The van der Waals surface area contributed by atoms with Crippen LogP contribution in [0.15, 0.2) is 0 Å². The van der Waals surface area contributed by atoms with Crippen LogP contribution < -0.4 is 11.1 Å². The van der Waals surface area contributed by atoms with Gasteiger partial charge < -0.3 is 11.1 Å². The predicted octanol–water partition coefficient (Wildman–Crippen LogP) is 0.736. The summed E-state index contributed by atoms with van der Waals surface area (Å²) in [7, 11) is 0. The number of amides is 1. The molecule has 1 rings (SSSR count). The van der Waals surface area contributed by atoms with Crippen LogP contribution in [0.4, 0.5) is 0 Å². The van der Waals surface area contributed by atoms with E-state index in [2.05, 4.69) is 12.2 Å². The number of thioether (sulfide) groups is 1. The van der Waals surface area contributed by atoms with Gasteiger partial charge in [0.05, 0.1) is 6.04 Å². The molecule has 1 amide bonds. The fraction of sp³-hybridized carbons (Fsp3) is 0.889. The Labute approximate surface area is 83.8 Å². The molecule has 0 spiro atoms. The Morgan fingerprint density at radius 2 is 2.38 bits per heavy atom. The van der Waals surface area contributed by atoms with Gasteiger partial charge in [0.15, 0.2) is 0 Å². The third-order valence-corrected chi connectivity index (χ3v) is 3.05. The summed E-state index contributed by atoms with van der Waals surface area (Å²) in [5.74, 6) is 1.92. The number of rotatable bonds is 7. The zero-order chi connectivity index (χ0) is 9.68. The van der Waals surface area contributed by atoms with Crippen LogP contribution in [0.5, 0.6) is 0 Å². The molecule has 3 nitrogen and oxygen atoms in total. The number of hydrogen-bond donors (Lipinski definition) is 2. The van der Waals surface area contributed by atoms with E-state index >= 15 is 0 Å². The molecule has 0 bridgehead atoms. The SMILES string of the molecule is CCSCCC(NC1CC1)C(N)=O. The molecule has 0 radical (unpaired) electrons. The van der Waals surface area contributed by atoms with E-state index in [1.165, 1.54) is 12.8 Å². The molecule has 76 valence electrons. The van der Waals surface area contributed by atoms with E-state index in [-0.39, 0.29) is 11.9 Å². The van der Waals surface area contributed by atoms with Crippen molar-refractivity contribution in [3.63, 3.8) is 0 Å². The van der Waals surface area contributed by atoms with Crippen molar-refractivity contribution in [2.24, 2.45) is 5.73 Å². The van der Waals surface area contributed by atoms with Gasteiger partial charge in [-0.05, 0) is 30.8 Å². The van der Waals surface area contributed by atoms with Gasteiger partial charge in [-0.2, -0.15) is 11.8 Å². The molecule has 1 atom stereocenters. The smallest absolute Gasteiger partial charge is 0.234 e. The lowest BCUT2D eigenvalue weighted by atomic mass is 10.2. The van der Waals surface area contributed by atoms with Crippen molar-refractivity contribution >= 4 is 17.7 Å². The number of carbonyl (C=O) groups excluding carboxylic acids is 1. The minimum atomic E-state index is -0.205. The summed E-state index contributed by atoms with van der Waals surface area (Å²) in [6, 6.07) is 0.454. The van der Waals surface area contributed by atoms with Gasteiger partial charge >= 0.3 is 0 Å². The molecule has 13 heavy (non-hydrogen) atoms. The number of nitrogens with one attached hydrogen (secondary N) is 1. The van der Waals surface area contributed by atoms with Crippen LogP contribution in [0.25, 0.3) is 0 Å². The van der Waals surface area contributed by atoms with Gasteiger partial charge in [0.25, 0.3) is 0 Å². The van der Waals surface area contributed by atoms with Gasteiger partial charge in [-0.3, -0.25) is 4.79 Å². The minimum absolute atomic E-state index is 0.105. The Bertz CT molecular complexity index is 171. The molecule has 0 aromatic heterocycles. The molecule has 1 saturated carbocycles. The maximum atomic E-state index is 11.0. The molecule has 1 aliphatic rings. The second-order valence-corrected chi connectivity index (χ2v) is 4.78. The van der Waals surface area contributed by atoms with Gasteiger partial charge in [-0.25, -0.2) is 0 Å². The van der Waals surface area contributed by atoms with Gasteiger partial charge in [-0.15, -0.1) is 0 Å². The average Bonchev–Trinajstić information content (AvgIpc) is 2.86. The highest BCUT2D eigenvalue weighted by molar-refractivity contribution is 7.99. The third kappa shape index (κ3) is 4.52. The summed E-state index contributed by atoms with van der Waals surface area (Å²) in [6.45, 7) is 2.12. The van der Waals surface area contributed by atoms with Crippen molar-refractivity contribution < 1.29 is 4.79 Å². The molecule has 0 aliphatic heterocycles. The highest BCUT2D eigenvalue weighted by Crippen LogP contribution is 2.20. The molecule has 0 aromatic carbocycles. The standard InChI is InChI=1S/C9H18N2OS/c1-2-13-6-5-8(9(10)12)11-7-3-4-7/h7-8,11H,2-6H2,1H3,(H2,10,12). The zero-order valence-electron chi connectivity index (χ0n) is 8.08. The zero-order valence-corrected chi connectivity index (χ0v) is 8.90. The van der Waals surface area contributed by atoms with E-state index in [9.17, 15) is 4.79 Å². The van der Waals surface area contributed by atoms with Crippen molar-refractivity contribution in [1.82, 2.24) is 5.32 Å². The van der Waals surface area contributed by atoms with Gasteiger partial charge in [0, 0.05) is 6.04 Å². The summed E-state index contributed by atoms with van der Waals surface area (Å²) in [6.07, 6.45) is 3.26. The summed E-state index contributed by atoms with van der Waals surface area (Å²) in [4.78, 5) is 11.0. The van der Waals surface area contributed by atoms with Gasteiger partial charge in [0.2, 0.25) is 5.91 Å². The second kappa shape index (κ2) is 5.50. The Hall–Kier alpha value is -0.220. The summed E-state index contributed by atoms with van der Waals surface area (Å²) < 4.78 is 0. The van der Waals surface area contributed by atoms with Crippen molar-refractivity contribution in [2.45, 2.75) is 38.3 Å². The van der Waals surface area contributed by atoms with Crippen molar-refractivity contribution in [3.8, 4) is 0 Å². The van der Waals surface area contributed by atoms with Crippen LogP contribution in [0.2, 0.25) is 0 Å². The van der Waals surface area contributed by atoms with Crippen LogP contribution in [0.1, 0.15) is 26.2 Å². The summed E-state index contributed by atoms with van der Waals surface area (Å²) >= 11 is 1.85. The highest BCUT2D eigenvalue weighted by atomic mass is 32.2. The summed E-state index contributed by atoms with van der Waals surface area (Å²) in [5, 5.41) is 3.26. The van der Waals surface area contributed by atoms with E-state index in [1.807, 2.05) is 11.8 Å². The van der Waals surface area contributed by atoms with Crippen LogP contribution >= 0.6 is 11.8 Å². The van der Waals surface area contributed by atoms with Crippen molar-refractivity contribution in [1.29, 1.82) is 0 Å². The van der Waals surface area contributed by atoms with E-state index < -0.39 is 0 Å². The fourth-order valence-electron chi connectivity index (χ4n) is 1.19. The highest BCUT2D eigenvalue weighted by Gasteiger charge is 2.26. The van der Waals surface area contributed by atoms with Gasteiger partial charge in [-0.1, -0.05) is 6.92 Å². The number of hydrogen-bond acceptors (Lipinski definition) is 3. The minimum Gasteiger partial charge on any atom is -0.368 e. The lowest BCUT2D eigenvalue weighted by molar-refractivity contribution is -0.120. The molecular weight excluding hydrogens is 184 g/mol. The molecule has 1 fully saturated rings. The Morgan fingerprint density at radius 3 is 2.85 bits per heavy atom. The van der Waals surface area contributed by atoms with Crippen LogP contribution in [0, 0.1) is 0 Å². The first kappa shape index (κ1) is 10.9. The third-order valence-electron chi connectivity index (χ3n) is 2.11. The van der Waals surface area contributed by atoms with Gasteiger partial charge in [0.1, 0.15) is 0 Å². The topological polar surface area (TPSA) is 55.1 Å². The molecule has 1 aliphatic carbocycles. The number of nitrogens with two attached hydrogens (primary N) is 1. The van der Waals surface area contributed by atoms with Crippen LogP contribution in [-0.4, -0.2) is 29.5 Å². The Morgan fingerprint density at radius 1 is 1.69 bits per heavy atom. The molecule has 0 heterocycles. The number of carbonyl (C=O) groups is 1. The molecule has 0 aromatic rings. The van der Waals surface area contributed by atoms with Crippen molar-refractivity contribution in [2.75, 3.05) is 11.5 Å². The van der Waals surface area contributed by atoms with Crippen LogP contribution in [0.3, 0.4) is 0 Å². The summed E-state index contributed by atoms with van der Waals surface area (Å²) in [5.41, 5.74) is 5.28. The van der Waals surface area contributed by atoms with Crippen LogP contribution in [-0.2, 0) is 4.79 Å². The molecule has 0 saturated heterocycles. The first-order valence-electron chi connectivity index (χ1n) is 4.87. The quantitative estimate of drug-likeness (QED) is 0.599. The largest absolute Gasteiger partial charge is 0.368 e. The molecule has 4 heteroatoms. The first-order valence-corrected chi connectivity index (χ1v) is 6.02. The fourth-order valence-corrected chi connectivity index (χ4v) is 1.88. The molecule has 1 unspecified atom stereocenters. The van der Waals surface area contributed by atoms with E-state index in [1.54, 1.807) is 0 Å². The monoisotopic (exact) mass is 202 g/mol. The van der Waals surface area contributed by atoms with Crippen molar-refractivity contribution in [3.05, 3.63) is 0 Å². The maximum Gasteiger partial charge on any atom is 0.234 e. The molecule has 3 N–H and O–H groups in total. The normalized spacial score (nSPS) is 18.5. The first-order chi connectivity index (χ1) is 6.24. The second-order valence-electron chi connectivity index (χ2n) is 3.38. The average molecular weight is 202 g/mol. The molecular formula is C9H18N2OS. The lowest BCUT2D eigenvalue weighted by Gasteiger charge is -2.13. The Kier molecular flexibility index (Phi) is 4.59. The van der Waals surface area contributed by atoms with E-state index in [0.29, 0.717) is 6.04 Å². The maximum absolute atomic E-state index is 11.0. The van der Waals surface area contributed by atoms with E-state index in [0.717, 1.165) is 17.9 Å². The predicted molar refractivity (Wildman–Crippen MR) is 56.8 cm³/mol. The van der Waals surface area contributed by atoms with E-state index in [4.69, 9.17) is 5.73 Å². The lowest BCUT2D eigenvalue weighted by Crippen LogP contribution is -2.42.